The molecule has 0 aromatic carbocycles. The minimum Gasteiger partial charge on any atom is -0.550 e. The summed E-state index contributed by atoms with van der Waals surface area (Å²) in [6, 6.07) is 0. The molecule has 0 saturated heterocycles. The Kier molecular flexibility index (Phi) is 5.96. The van der Waals surface area contributed by atoms with Crippen molar-refractivity contribution in [3.63, 3.8) is 0 Å². The van der Waals surface area contributed by atoms with Gasteiger partial charge in [0.2, 0.25) is 6.29 Å². The Bertz CT molecular complexity index is 425. The van der Waals surface area contributed by atoms with Crippen LogP contribution in [0.2, 0.25) is 0 Å². The number of hydrogen-bond donors (Lipinski definition) is 0. The molecule has 0 saturated carbocycles. The molecule has 1 rings (SSSR count). The van der Waals surface area contributed by atoms with Gasteiger partial charge in [-0.3, -0.25) is 4.79 Å². The number of rotatable bonds is 6. The van der Waals surface area contributed by atoms with Gasteiger partial charge in [0.15, 0.2) is 0 Å². The van der Waals surface area contributed by atoms with Crippen molar-refractivity contribution in [2.75, 3.05) is 0 Å². The first-order chi connectivity index (χ1) is 9.49. The van der Waals surface area contributed by atoms with Gasteiger partial charge >= 0.3 is 11.9 Å². The zero-order valence-corrected chi connectivity index (χ0v) is 11.2. The highest BCUT2D eigenvalue weighted by atomic mass is 16.7. The van der Waals surface area contributed by atoms with Crippen LogP contribution < -0.4 is 5.11 Å². The maximum Gasteiger partial charge on any atom is 0.333 e. The van der Waals surface area contributed by atoms with Crippen LogP contribution in [0, 0.1) is 11.8 Å². The second-order valence-corrected chi connectivity index (χ2v) is 4.37. The Morgan fingerprint density at radius 3 is 2.70 bits per heavy atom. The molecule has 110 valence electrons. The molecule has 0 aromatic rings. The van der Waals surface area contributed by atoms with Crippen LogP contribution in [-0.4, -0.2) is 24.2 Å². The monoisotopic (exact) mass is 281 g/mol. The van der Waals surface area contributed by atoms with E-state index in [0.717, 1.165) is 6.08 Å². The first-order valence-corrected chi connectivity index (χ1v) is 6.40. The molecule has 6 nitrogen and oxygen atoms in total. The molecule has 3 unspecified atom stereocenters. The molecule has 1 aliphatic carbocycles. The number of esters is 2. The fourth-order valence-electron chi connectivity index (χ4n) is 1.92. The number of carboxylic acid groups (broad SMARTS) is 1. The molecule has 3 atom stereocenters. The summed E-state index contributed by atoms with van der Waals surface area (Å²) in [5, 5.41) is 11.0. The molecular weight excluding hydrogens is 264 g/mol. The third-order valence-corrected chi connectivity index (χ3v) is 2.99. The van der Waals surface area contributed by atoms with Crippen LogP contribution >= 0.6 is 0 Å². The zero-order valence-electron chi connectivity index (χ0n) is 11.2. The Hall–Kier alpha value is -2.11. The van der Waals surface area contributed by atoms with Crippen LogP contribution in [0.5, 0.6) is 0 Å². The summed E-state index contributed by atoms with van der Waals surface area (Å²) in [6.07, 6.45) is 4.29. The van der Waals surface area contributed by atoms with Gasteiger partial charge in [-0.15, -0.1) is 0 Å². The number of ether oxygens (including phenoxy) is 2. The summed E-state index contributed by atoms with van der Waals surface area (Å²) >= 11 is 0. The highest BCUT2D eigenvalue weighted by Gasteiger charge is 2.32. The zero-order chi connectivity index (χ0) is 15.1. The fraction of sp³-hybridized carbons (Fsp3) is 0.500. The summed E-state index contributed by atoms with van der Waals surface area (Å²) in [7, 11) is 0. The number of allylic oxidation sites excluding steroid dienone is 1. The molecular formula is C14H17O6-. The average molecular weight is 281 g/mol. The van der Waals surface area contributed by atoms with Crippen molar-refractivity contribution in [2.24, 2.45) is 11.8 Å². The molecule has 0 N–H and O–H groups in total. The van der Waals surface area contributed by atoms with Crippen molar-refractivity contribution in [3.8, 4) is 0 Å². The van der Waals surface area contributed by atoms with E-state index in [0.29, 0.717) is 12.8 Å². The first kappa shape index (κ1) is 15.9. The molecule has 0 fully saturated rings. The van der Waals surface area contributed by atoms with Crippen molar-refractivity contribution in [3.05, 3.63) is 24.8 Å². The molecule has 0 aliphatic heterocycles. The molecule has 0 heterocycles. The summed E-state index contributed by atoms with van der Waals surface area (Å²) in [5.74, 6) is -4.56. The van der Waals surface area contributed by atoms with Gasteiger partial charge in [0, 0.05) is 24.4 Å². The Balaban J connectivity index is 2.69. The summed E-state index contributed by atoms with van der Waals surface area (Å²) < 4.78 is 9.84. The molecule has 0 amide bonds. The summed E-state index contributed by atoms with van der Waals surface area (Å²) in [6.45, 7) is 4.91. The van der Waals surface area contributed by atoms with Gasteiger partial charge in [0.25, 0.3) is 0 Å². The number of aliphatic carboxylic acids is 1. The van der Waals surface area contributed by atoms with Gasteiger partial charge in [-0.05, 0) is 12.8 Å². The molecule has 0 aromatic heterocycles. The predicted molar refractivity (Wildman–Crippen MR) is 66.8 cm³/mol. The lowest BCUT2D eigenvalue weighted by Crippen LogP contribution is -2.41. The van der Waals surface area contributed by atoms with Crippen molar-refractivity contribution in [2.45, 2.75) is 32.5 Å². The normalized spacial score (nSPS) is 22.6. The van der Waals surface area contributed by atoms with Crippen molar-refractivity contribution >= 4 is 17.9 Å². The van der Waals surface area contributed by atoms with E-state index < -0.39 is 36.0 Å². The van der Waals surface area contributed by atoms with E-state index in [1.807, 2.05) is 0 Å². The van der Waals surface area contributed by atoms with Crippen molar-refractivity contribution < 1.29 is 29.0 Å². The average Bonchev–Trinajstić information content (AvgIpc) is 2.45. The Labute approximate surface area is 117 Å². The van der Waals surface area contributed by atoms with Gasteiger partial charge < -0.3 is 19.4 Å². The minimum atomic E-state index is -1.28. The molecule has 0 spiro atoms. The van der Waals surface area contributed by atoms with Crippen LogP contribution in [0.4, 0.5) is 0 Å². The van der Waals surface area contributed by atoms with E-state index in [2.05, 4.69) is 6.58 Å². The smallest absolute Gasteiger partial charge is 0.333 e. The van der Waals surface area contributed by atoms with E-state index >= 15 is 0 Å². The van der Waals surface area contributed by atoms with Gasteiger partial charge in [-0.1, -0.05) is 25.7 Å². The van der Waals surface area contributed by atoms with Crippen molar-refractivity contribution in [1.82, 2.24) is 0 Å². The second kappa shape index (κ2) is 7.47. The maximum absolute atomic E-state index is 12.0. The van der Waals surface area contributed by atoms with Crippen LogP contribution in [0.1, 0.15) is 26.2 Å². The van der Waals surface area contributed by atoms with Crippen LogP contribution in [0.15, 0.2) is 24.8 Å². The Morgan fingerprint density at radius 1 is 1.45 bits per heavy atom. The fourth-order valence-corrected chi connectivity index (χ4v) is 1.92. The van der Waals surface area contributed by atoms with E-state index in [9.17, 15) is 19.5 Å². The lowest BCUT2D eigenvalue weighted by molar-refractivity contribution is -0.313. The van der Waals surface area contributed by atoms with Gasteiger partial charge in [0.1, 0.15) is 0 Å². The van der Waals surface area contributed by atoms with E-state index in [1.54, 1.807) is 13.0 Å². The third-order valence-electron chi connectivity index (χ3n) is 2.99. The topological polar surface area (TPSA) is 92.7 Å². The summed E-state index contributed by atoms with van der Waals surface area (Å²) in [4.78, 5) is 34.0. The molecule has 0 bridgehead atoms. The number of carboxylic acids is 1. The summed E-state index contributed by atoms with van der Waals surface area (Å²) in [5.41, 5.74) is 0. The van der Waals surface area contributed by atoms with Gasteiger partial charge in [-0.2, -0.15) is 0 Å². The highest BCUT2D eigenvalue weighted by Crippen LogP contribution is 2.26. The standard InChI is InChI=1S/C14H18O6/c1-3-11(15)19-12(4-2)20-14(18)10-8-6-5-7-9(10)13(16)17/h3,6,8-10,12H,1,4-5,7H2,2H3,(H,16,17)/p-1. The van der Waals surface area contributed by atoms with Gasteiger partial charge in [-0.25, -0.2) is 4.79 Å². The molecule has 6 heteroatoms. The van der Waals surface area contributed by atoms with Crippen LogP contribution in [-0.2, 0) is 23.9 Å². The number of hydrogen-bond acceptors (Lipinski definition) is 6. The highest BCUT2D eigenvalue weighted by molar-refractivity contribution is 5.83. The molecule has 1 aliphatic rings. The maximum atomic E-state index is 12.0. The predicted octanol–water partition coefficient (Wildman–Crippen LogP) is 0.327. The SMILES string of the molecule is C=CC(=O)OC(CC)OC(=O)C1C=CCCC1C(=O)[O-]. The van der Waals surface area contributed by atoms with Crippen molar-refractivity contribution in [1.29, 1.82) is 0 Å². The van der Waals surface area contributed by atoms with E-state index in [1.165, 1.54) is 6.08 Å². The lowest BCUT2D eigenvalue weighted by Gasteiger charge is -2.28. The molecule has 0 radical (unpaired) electrons. The third kappa shape index (κ3) is 4.22. The number of carbonyl (C=O) groups is 3. The minimum absolute atomic E-state index is 0.262. The largest absolute Gasteiger partial charge is 0.550 e. The van der Waals surface area contributed by atoms with Crippen LogP contribution in [0.25, 0.3) is 0 Å². The molecule has 20 heavy (non-hydrogen) atoms. The number of carbonyl (C=O) groups excluding carboxylic acids is 3. The van der Waals surface area contributed by atoms with Gasteiger partial charge in [0.05, 0.1) is 5.92 Å². The lowest BCUT2D eigenvalue weighted by atomic mass is 9.84. The quantitative estimate of drug-likeness (QED) is 0.301. The second-order valence-electron chi connectivity index (χ2n) is 4.37. The van der Waals surface area contributed by atoms with E-state index in [4.69, 9.17) is 9.47 Å². The first-order valence-electron chi connectivity index (χ1n) is 6.40. The van der Waals surface area contributed by atoms with E-state index in [-0.39, 0.29) is 6.42 Å². The van der Waals surface area contributed by atoms with Crippen LogP contribution in [0.3, 0.4) is 0 Å². The Morgan fingerprint density at radius 2 is 2.15 bits per heavy atom.